The van der Waals surface area contributed by atoms with Gasteiger partial charge >= 0.3 is 0 Å². The van der Waals surface area contributed by atoms with Gasteiger partial charge in [-0.1, -0.05) is 94.9 Å². The fourth-order valence-corrected chi connectivity index (χ4v) is 3.07. The Bertz CT molecular complexity index is 841. The summed E-state index contributed by atoms with van der Waals surface area (Å²) in [6.45, 7) is 0. The Morgan fingerprint density at radius 1 is 0.300 bits per heavy atom. The molecule has 4 aromatic rings. The largest absolute Gasteiger partial charge is 0.115 e. The summed E-state index contributed by atoms with van der Waals surface area (Å²) in [4.78, 5) is 0. The van der Waals surface area contributed by atoms with Crippen molar-refractivity contribution in [2.24, 2.45) is 0 Å². The van der Waals surface area contributed by atoms with Gasteiger partial charge in [0.25, 0.3) is 0 Å². The predicted octanol–water partition coefficient (Wildman–Crippen LogP) is 10.1. The summed E-state index contributed by atoms with van der Waals surface area (Å²) in [5.74, 6) is 0. The van der Waals surface area contributed by atoms with Crippen LogP contribution in [0.2, 0.25) is 20.1 Å². The highest BCUT2D eigenvalue weighted by atomic mass is 35.5. The highest BCUT2D eigenvalue weighted by molar-refractivity contribution is 8.59. The molecule has 0 radical (unpaired) electrons. The second kappa shape index (κ2) is 13.2. The summed E-state index contributed by atoms with van der Waals surface area (Å²) in [7, 11) is 0. The molecule has 0 aromatic heterocycles. The van der Waals surface area contributed by atoms with Gasteiger partial charge in [0.05, 0.1) is 0 Å². The number of benzene rings is 4. The molecule has 0 unspecified atom stereocenters. The smallest absolute Gasteiger partial charge is 0.0406 e. The molecule has 154 valence electrons. The first-order valence-electron chi connectivity index (χ1n) is 8.74. The Morgan fingerprint density at radius 2 is 0.433 bits per heavy atom. The molecule has 0 aliphatic carbocycles. The molecule has 0 nitrogen and oxygen atoms in total. The molecule has 0 spiro atoms. The number of rotatable bonds is 2. The van der Waals surface area contributed by atoms with Crippen LogP contribution in [0.4, 0.5) is 0 Å². The normalized spacial score (nSPS) is 9.67. The Labute approximate surface area is 208 Å². The van der Waals surface area contributed by atoms with E-state index in [9.17, 15) is 0 Å². The lowest BCUT2D eigenvalue weighted by Gasteiger charge is -2.01. The lowest BCUT2D eigenvalue weighted by Crippen LogP contribution is -1.76. The molecule has 0 atom stereocenters. The molecule has 4 aromatic carbocycles. The van der Waals surface area contributed by atoms with E-state index in [1.165, 1.54) is 0 Å². The van der Waals surface area contributed by atoms with E-state index < -0.39 is 0 Å². The average molecular weight is 512 g/mol. The monoisotopic (exact) mass is 510 g/mol. The third-order valence-electron chi connectivity index (χ3n) is 4.04. The van der Waals surface area contributed by atoms with Crippen LogP contribution in [-0.4, -0.2) is 0 Å². The van der Waals surface area contributed by atoms with Crippen LogP contribution >= 0.6 is 69.7 Å². The van der Waals surface area contributed by atoms with Crippen LogP contribution in [0.25, 0.3) is 22.3 Å². The van der Waals surface area contributed by atoms with Gasteiger partial charge in [-0.05, 0) is 70.8 Å². The van der Waals surface area contributed by atoms with Gasteiger partial charge in [0.1, 0.15) is 0 Å². The summed E-state index contributed by atoms with van der Waals surface area (Å²) in [5.41, 5.74) is 4.58. The first-order chi connectivity index (χ1) is 14.5. The average Bonchev–Trinajstić information content (AvgIpc) is 2.78. The third kappa shape index (κ3) is 8.11. The minimum atomic E-state index is 0.753. The van der Waals surface area contributed by atoms with Crippen molar-refractivity contribution in [2.75, 3.05) is 0 Å². The zero-order valence-electron chi connectivity index (χ0n) is 15.6. The molecule has 0 N–H and O–H groups in total. The zero-order valence-corrected chi connectivity index (χ0v) is 20.5. The van der Waals surface area contributed by atoms with Crippen LogP contribution in [-0.2, 0) is 0 Å². The quantitative estimate of drug-likeness (QED) is 0.194. The highest BCUT2D eigenvalue weighted by Gasteiger charge is 1.97. The van der Waals surface area contributed by atoms with E-state index in [1.54, 1.807) is 0 Å². The van der Waals surface area contributed by atoms with Gasteiger partial charge in [-0.25, -0.2) is 0 Å². The topological polar surface area (TPSA) is 0 Å². The molecule has 0 bridgehead atoms. The standard InChI is InChI=1S/2C12H8Cl2.H2S2/c2*13-11-5-1-9(2-6-11)10-3-7-12(14)8-4-10;1-2/h2*1-8H;1-2H. The maximum absolute atomic E-state index is 5.80. The van der Waals surface area contributed by atoms with E-state index >= 15 is 0 Å². The van der Waals surface area contributed by atoms with Crippen molar-refractivity contribution in [2.45, 2.75) is 0 Å². The number of halogens is 4. The first-order valence-corrected chi connectivity index (χ1v) is 11.9. The van der Waals surface area contributed by atoms with Crippen molar-refractivity contribution in [3.63, 3.8) is 0 Å². The maximum Gasteiger partial charge on any atom is 0.0406 e. The fraction of sp³-hybridized carbons (Fsp3) is 0. The van der Waals surface area contributed by atoms with Gasteiger partial charge in [-0.15, -0.1) is 23.3 Å². The second-order valence-corrected chi connectivity index (χ2v) is 7.77. The predicted molar refractivity (Wildman–Crippen MR) is 142 cm³/mol. The summed E-state index contributed by atoms with van der Waals surface area (Å²) < 4.78 is 0. The summed E-state index contributed by atoms with van der Waals surface area (Å²) in [6, 6.07) is 31.0. The molecule has 0 heterocycles. The molecule has 0 amide bonds. The Morgan fingerprint density at radius 3 is 0.567 bits per heavy atom. The number of thiol groups is 2. The SMILES string of the molecule is Clc1ccc(-c2ccc(Cl)cc2)cc1.Clc1ccc(-c2ccc(Cl)cc2)cc1.SS. The van der Waals surface area contributed by atoms with Crippen LogP contribution in [0.3, 0.4) is 0 Å². The van der Waals surface area contributed by atoms with Crippen molar-refractivity contribution in [3.05, 3.63) is 117 Å². The van der Waals surface area contributed by atoms with E-state index in [-0.39, 0.29) is 0 Å². The maximum atomic E-state index is 5.80. The first kappa shape index (κ1) is 25.0. The molecule has 0 saturated carbocycles. The molecule has 6 heteroatoms. The minimum absolute atomic E-state index is 0.753. The van der Waals surface area contributed by atoms with Gasteiger partial charge in [-0.3, -0.25) is 0 Å². The number of hydrogen-bond acceptors (Lipinski definition) is 2. The fourth-order valence-electron chi connectivity index (χ4n) is 2.57. The van der Waals surface area contributed by atoms with E-state index in [0.29, 0.717) is 0 Å². The van der Waals surface area contributed by atoms with Crippen LogP contribution in [0.1, 0.15) is 0 Å². The molecular weight excluding hydrogens is 494 g/mol. The highest BCUT2D eigenvalue weighted by Crippen LogP contribution is 2.24. The number of hydrogen-bond donors (Lipinski definition) is 2. The van der Waals surface area contributed by atoms with Crippen molar-refractivity contribution in [3.8, 4) is 22.3 Å². The van der Waals surface area contributed by atoms with Gasteiger partial charge in [0, 0.05) is 20.1 Å². The van der Waals surface area contributed by atoms with Crippen molar-refractivity contribution in [1.29, 1.82) is 0 Å². The zero-order chi connectivity index (χ0) is 21.9. The van der Waals surface area contributed by atoms with Crippen LogP contribution in [0.15, 0.2) is 97.1 Å². The summed E-state index contributed by atoms with van der Waals surface area (Å²) in [6.07, 6.45) is 0. The molecular formula is C24H18Cl4S2. The van der Waals surface area contributed by atoms with Gasteiger partial charge in [0.2, 0.25) is 0 Å². The molecule has 0 aliphatic rings. The van der Waals surface area contributed by atoms with Gasteiger partial charge in [-0.2, -0.15) is 0 Å². The Balaban J connectivity index is 0.000000197. The lowest BCUT2D eigenvalue weighted by atomic mass is 10.1. The second-order valence-electron chi connectivity index (χ2n) is 6.03. The van der Waals surface area contributed by atoms with E-state index in [1.807, 2.05) is 97.1 Å². The lowest BCUT2D eigenvalue weighted by molar-refractivity contribution is 1.62. The van der Waals surface area contributed by atoms with Crippen LogP contribution < -0.4 is 0 Å². The van der Waals surface area contributed by atoms with E-state index in [4.69, 9.17) is 46.4 Å². The van der Waals surface area contributed by atoms with E-state index in [2.05, 4.69) is 23.3 Å². The summed E-state index contributed by atoms with van der Waals surface area (Å²) >= 11 is 29.7. The molecule has 0 fully saturated rings. The van der Waals surface area contributed by atoms with Gasteiger partial charge in [0.15, 0.2) is 0 Å². The van der Waals surface area contributed by atoms with Crippen molar-refractivity contribution >= 4 is 69.7 Å². The molecule has 0 saturated heterocycles. The Kier molecular flexibility index (Phi) is 11.0. The third-order valence-corrected chi connectivity index (χ3v) is 5.05. The summed E-state index contributed by atoms with van der Waals surface area (Å²) in [5, 5.41) is 3.01. The molecule has 4 rings (SSSR count). The van der Waals surface area contributed by atoms with Crippen molar-refractivity contribution < 1.29 is 0 Å². The van der Waals surface area contributed by atoms with Crippen LogP contribution in [0.5, 0.6) is 0 Å². The van der Waals surface area contributed by atoms with Crippen LogP contribution in [0, 0.1) is 0 Å². The van der Waals surface area contributed by atoms with Gasteiger partial charge < -0.3 is 0 Å². The van der Waals surface area contributed by atoms with Crippen molar-refractivity contribution in [1.82, 2.24) is 0 Å². The van der Waals surface area contributed by atoms with E-state index in [0.717, 1.165) is 42.3 Å². The molecule has 30 heavy (non-hydrogen) atoms. The Hall–Kier alpha value is -1.26. The molecule has 0 aliphatic heterocycles. The minimum Gasteiger partial charge on any atom is -0.115 e.